The van der Waals surface area contributed by atoms with Gasteiger partial charge in [0.05, 0.1) is 0 Å². The van der Waals surface area contributed by atoms with Crippen LogP contribution in [-0.2, 0) is 0 Å². The van der Waals surface area contributed by atoms with Gasteiger partial charge < -0.3 is 5.32 Å². The Morgan fingerprint density at radius 3 is 2.37 bits per heavy atom. The minimum atomic E-state index is -4.39. The first kappa shape index (κ1) is 15.6. The van der Waals surface area contributed by atoms with Gasteiger partial charge in [0, 0.05) is 17.8 Å². The zero-order valence-corrected chi connectivity index (χ0v) is 11.4. The number of hydrogen-bond acceptors (Lipinski definition) is 1. The van der Waals surface area contributed by atoms with Gasteiger partial charge in [-0.05, 0) is 42.1 Å². The molecule has 1 heterocycles. The molecule has 106 valence electrons. The fourth-order valence-electron chi connectivity index (χ4n) is 1.93. The first-order valence-corrected chi connectivity index (χ1v) is 6.33. The Hall–Kier alpha value is -1.45. The average Bonchev–Trinajstić information content (AvgIpc) is 2.75. The van der Waals surface area contributed by atoms with E-state index in [9.17, 15) is 13.2 Å². The summed E-state index contributed by atoms with van der Waals surface area (Å²) in [5, 5.41) is 3.19. The molecule has 0 spiro atoms. The van der Waals surface area contributed by atoms with Crippen LogP contribution in [0.15, 0.2) is 47.7 Å². The lowest BCUT2D eigenvalue weighted by Crippen LogP contribution is -2.11. The van der Waals surface area contributed by atoms with Crippen molar-refractivity contribution in [3.8, 4) is 0 Å². The third-order valence-corrected chi connectivity index (χ3v) is 3.01. The highest BCUT2D eigenvalue weighted by Crippen LogP contribution is 2.30. The molecule has 0 bridgehead atoms. The van der Waals surface area contributed by atoms with Gasteiger partial charge in [0.15, 0.2) is 0 Å². The van der Waals surface area contributed by atoms with E-state index in [1.807, 2.05) is 19.9 Å². The van der Waals surface area contributed by atoms with Crippen molar-refractivity contribution in [2.24, 2.45) is 5.92 Å². The second-order valence-electron chi connectivity index (χ2n) is 5.00. The lowest BCUT2D eigenvalue weighted by Gasteiger charge is -2.15. The van der Waals surface area contributed by atoms with E-state index in [1.165, 1.54) is 0 Å². The summed E-state index contributed by atoms with van der Waals surface area (Å²) in [7, 11) is 0. The Morgan fingerprint density at radius 1 is 1.32 bits per heavy atom. The molecule has 0 radical (unpaired) electrons. The minimum Gasteiger partial charge on any atom is -0.388 e. The van der Waals surface area contributed by atoms with Gasteiger partial charge in [-0.3, -0.25) is 0 Å². The van der Waals surface area contributed by atoms with E-state index in [2.05, 4.69) is 18.5 Å². The summed E-state index contributed by atoms with van der Waals surface area (Å²) in [5.41, 5.74) is 1.39. The summed E-state index contributed by atoms with van der Waals surface area (Å²) >= 11 is 0. The van der Waals surface area contributed by atoms with Crippen molar-refractivity contribution in [2.75, 3.05) is 6.54 Å². The van der Waals surface area contributed by atoms with Crippen LogP contribution in [0.3, 0.4) is 0 Å². The number of alkyl halides is 3. The molecule has 0 aromatic heterocycles. The van der Waals surface area contributed by atoms with E-state index in [4.69, 9.17) is 0 Å². The zero-order chi connectivity index (χ0) is 14.6. The molecule has 19 heavy (non-hydrogen) atoms. The normalized spacial score (nSPS) is 18.8. The van der Waals surface area contributed by atoms with Crippen LogP contribution in [0.25, 0.3) is 0 Å². The van der Waals surface area contributed by atoms with Gasteiger partial charge >= 0.3 is 6.18 Å². The van der Waals surface area contributed by atoms with Crippen LogP contribution >= 0.6 is 0 Å². The van der Waals surface area contributed by atoms with Gasteiger partial charge in [-0.1, -0.05) is 27.0 Å². The standard InChI is InChI=1S/C15H20F3N/c1-10(2)14(9-12(4)15(16,17)18)11(3)8-13-6-5-7-19-13/h8-10,19H,3-7H2,1-2H3/b13-8-,14-9+. The number of halogens is 3. The van der Waals surface area contributed by atoms with Crippen LogP contribution in [0.2, 0.25) is 0 Å². The highest BCUT2D eigenvalue weighted by Gasteiger charge is 2.30. The van der Waals surface area contributed by atoms with Crippen molar-refractivity contribution in [3.05, 3.63) is 47.7 Å². The molecule has 4 heteroatoms. The Morgan fingerprint density at radius 2 is 1.95 bits per heavy atom. The number of hydrogen-bond donors (Lipinski definition) is 1. The Kier molecular flexibility index (Phi) is 5.04. The lowest BCUT2D eigenvalue weighted by atomic mass is 9.93. The SMILES string of the molecule is C=C(/C=C1/CCCN1)/C(=C/C(=C)C(F)(F)F)C(C)C. The van der Waals surface area contributed by atoms with Crippen LogP contribution in [0.1, 0.15) is 26.7 Å². The zero-order valence-electron chi connectivity index (χ0n) is 11.4. The number of rotatable bonds is 4. The van der Waals surface area contributed by atoms with E-state index in [-0.39, 0.29) is 5.92 Å². The molecule has 1 aliphatic rings. The largest absolute Gasteiger partial charge is 0.415 e. The summed E-state index contributed by atoms with van der Waals surface area (Å²) in [6.07, 6.45) is 0.514. The van der Waals surface area contributed by atoms with Crippen LogP contribution < -0.4 is 5.32 Å². The molecule has 1 rings (SSSR count). The van der Waals surface area contributed by atoms with E-state index < -0.39 is 11.7 Å². The second kappa shape index (κ2) is 6.13. The molecule has 0 amide bonds. The van der Waals surface area contributed by atoms with E-state index in [1.54, 1.807) is 0 Å². The first-order chi connectivity index (χ1) is 8.71. The molecule has 0 aliphatic carbocycles. The summed E-state index contributed by atoms with van der Waals surface area (Å²) in [5.74, 6) is -0.0372. The summed E-state index contributed by atoms with van der Waals surface area (Å²) in [6.45, 7) is 11.6. The molecule has 0 aromatic rings. The van der Waals surface area contributed by atoms with Crippen LogP contribution in [0.5, 0.6) is 0 Å². The number of nitrogens with one attached hydrogen (secondary N) is 1. The van der Waals surface area contributed by atoms with Crippen LogP contribution in [0, 0.1) is 5.92 Å². The average molecular weight is 271 g/mol. The third kappa shape index (κ3) is 4.62. The summed E-state index contributed by atoms with van der Waals surface area (Å²) < 4.78 is 37.6. The predicted molar refractivity (Wildman–Crippen MR) is 72.6 cm³/mol. The first-order valence-electron chi connectivity index (χ1n) is 6.33. The molecule has 0 aromatic carbocycles. The quantitative estimate of drug-likeness (QED) is 0.742. The van der Waals surface area contributed by atoms with Gasteiger partial charge in [-0.25, -0.2) is 0 Å². The molecule has 1 N–H and O–H groups in total. The van der Waals surface area contributed by atoms with Crippen molar-refractivity contribution >= 4 is 0 Å². The maximum Gasteiger partial charge on any atom is 0.415 e. The van der Waals surface area contributed by atoms with Gasteiger partial charge in [-0.15, -0.1) is 0 Å². The lowest BCUT2D eigenvalue weighted by molar-refractivity contribution is -0.0878. The van der Waals surface area contributed by atoms with Gasteiger partial charge in [0.25, 0.3) is 0 Å². The second-order valence-corrected chi connectivity index (χ2v) is 5.00. The molecule has 0 unspecified atom stereocenters. The van der Waals surface area contributed by atoms with Gasteiger partial charge in [0.2, 0.25) is 0 Å². The minimum absolute atomic E-state index is 0.0372. The van der Waals surface area contributed by atoms with Crippen molar-refractivity contribution < 1.29 is 13.2 Å². The Balaban J connectivity index is 2.95. The van der Waals surface area contributed by atoms with E-state index in [0.717, 1.165) is 31.2 Å². The Bertz CT molecular complexity index is 417. The maximum atomic E-state index is 12.5. The monoisotopic (exact) mass is 271 g/mol. The van der Waals surface area contributed by atoms with Gasteiger partial charge in [0.1, 0.15) is 0 Å². The molecular formula is C15H20F3N. The Labute approximate surface area is 112 Å². The fraction of sp³-hybridized carbons (Fsp3) is 0.467. The van der Waals surface area contributed by atoms with Crippen molar-refractivity contribution in [1.82, 2.24) is 5.32 Å². The molecule has 1 nitrogen and oxygen atoms in total. The van der Waals surface area contributed by atoms with Gasteiger partial charge in [-0.2, -0.15) is 13.2 Å². The smallest absolute Gasteiger partial charge is 0.388 e. The topological polar surface area (TPSA) is 12.0 Å². The predicted octanol–water partition coefficient (Wildman–Crippen LogP) is 4.51. The molecular weight excluding hydrogens is 251 g/mol. The summed E-state index contributed by atoms with van der Waals surface area (Å²) in [6, 6.07) is 0. The molecule has 1 saturated heterocycles. The highest BCUT2D eigenvalue weighted by molar-refractivity contribution is 5.44. The van der Waals surface area contributed by atoms with Crippen LogP contribution in [-0.4, -0.2) is 12.7 Å². The molecule has 1 aliphatic heterocycles. The number of allylic oxidation sites excluding steroid dienone is 6. The summed E-state index contributed by atoms with van der Waals surface area (Å²) in [4.78, 5) is 0. The fourth-order valence-corrected chi connectivity index (χ4v) is 1.93. The van der Waals surface area contributed by atoms with E-state index >= 15 is 0 Å². The molecule has 0 atom stereocenters. The van der Waals surface area contributed by atoms with Crippen molar-refractivity contribution in [2.45, 2.75) is 32.9 Å². The third-order valence-electron chi connectivity index (χ3n) is 3.01. The van der Waals surface area contributed by atoms with Crippen molar-refractivity contribution in [3.63, 3.8) is 0 Å². The highest BCUT2D eigenvalue weighted by atomic mass is 19.4. The maximum absolute atomic E-state index is 12.5. The van der Waals surface area contributed by atoms with E-state index in [0.29, 0.717) is 11.1 Å². The van der Waals surface area contributed by atoms with Crippen molar-refractivity contribution in [1.29, 1.82) is 0 Å². The molecule has 0 saturated carbocycles. The molecule has 1 fully saturated rings. The van der Waals surface area contributed by atoms with Crippen LogP contribution in [0.4, 0.5) is 13.2 Å².